The Morgan fingerprint density at radius 3 is 2.20 bits per heavy atom. The molecule has 0 N–H and O–H groups in total. The van der Waals surface area contributed by atoms with Gasteiger partial charge in [0, 0.05) is 0 Å². The molecule has 60 valence electrons. The third-order valence-electron chi connectivity index (χ3n) is 1.65. The highest BCUT2D eigenvalue weighted by molar-refractivity contribution is 4.79. The molecular formula is C10H20. The van der Waals surface area contributed by atoms with Gasteiger partial charge in [0.1, 0.15) is 0 Å². The van der Waals surface area contributed by atoms with E-state index in [2.05, 4.69) is 39.8 Å². The predicted molar refractivity (Wildman–Crippen MR) is 48.1 cm³/mol. The van der Waals surface area contributed by atoms with Crippen LogP contribution in [0.1, 0.15) is 40.5 Å². The summed E-state index contributed by atoms with van der Waals surface area (Å²) in [5.41, 5.74) is 0. The topological polar surface area (TPSA) is 0 Å². The molecule has 0 aliphatic rings. The summed E-state index contributed by atoms with van der Waals surface area (Å²) in [7, 11) is 0. The molecule has 0 aliphatic heterocycles. The average molecular weight is 140 g/mol. The van der Waals surface area contributed by atoms with Crippen LogP contribution in [-0.2, 0) is 0 Å². The van der Waals surface area contributed by atoms with Crippen LogP contribution >= 0.6 is 0 Å². The van der Waals surface area contributed by atoms with E-state index in [1.54, 1.807) is 0 Å². The van der Waals surface area contributed by atoms with Gasteiger partial charge in [-0.2, -0.15) is 0 Å². The Kier molecular flexibility index (Phi) is 5.38. The largest absolute Gasteiger partial charge is 0.0917 e. The summed E-state index contributed by atoms with van der Waals surface area (Å²) in [4.78, 5) is 0. The molecule has 0 saturated heterocycles. The molecule has 0 aromatic heterocycles. The van der Waals surface area contributed by atoms with Crippen LogP contribution in [0.4, 0.5) is 0 Å². The van der Waals surface area contributed by atoms with E-state index in [1.165, 1.54) is 12.8 Å². The predicted octanol–water partition coefficient (Wildman–Crippen LogP) is 3.63. The van der Waals surface area contributed by atoms with Gasteiger partial charge in [0.05, 0.1) is 0 Å². The van der Waals surface area contributed by atoms with Gasteiger partial charge in [0.2, 0.25) is 0 Å². The molecule has 0 nitrogen and oxygen atoms in total. The van der Waals surface area contributed by atoms with Gasteiger partial charge in [0.15, 0.2) is 0 Å². The zero-order valence-electron chi connectivity index (χ0n) is 7.72. The summed E-state index contributed by atoms with van der Waals surface area (Å²) in [5.74, 6) is 1.71. The van der Waals surface area contributed by atoms with Crippen LogP contribution in [-0.4, -0.2) is 0 Å². The van der Waals surface area contributed by atoms with Gasteiger partial charge < -0.3 is 0 Å². The van der Waals surface area contributed by atoms with Crippen LogP contribution in [0.2, 0.25) is 0 Å². The lowest BCUT2D eigenvalue weighted by atomic mass is 9.96. The van der Waals surface area contributed by atoms with Crippen LogP contribution in [0.15, 0.2) is 12.2 Å². The van der Waals surface area contributed by atoms with Gasteiger partial charge in [0.25, 0.3) is 0 Å². The fraction of sp³-hybridized carbons (Fsp3) is 0.800. The molecule has 0 aromatic carbocycles. The minimum atomic E-state index is 0.847. The van der Waals surface area contributed by atoms with Crippen molar-refractivity contribution in [3.8, 4) is 0 Å². The van der Waals surface area contributed by atoms with Crippen molar-refractivity contribution in [1.29, 1.82) is 0 Å². The summed E-state index contributed by atoms with van der Waals surface area (Å²) in [5, 5.41) is 0. The summed E-state index contributed by atoms with van der Waals surface area (Å²) >= 11 is 0. The van der Waals surface area contributed by atoms with Crippen LogP contribution in [0, 0.1) is 11.8 Å². The SMILES string of the molecule is CC=CCC(C)CC(C)C. The van der Waals surface area contributed by atoms with Crippen molar-refractivity contribution < 1.29 is 0 Å². The van der Waals surface area contributed by atoms with Gasteiger partial charge in [-0.3, -0.25) is 0 Å². The molecule has 0 bridgehead atoms. The van der Waals surface area contributed by atoms with Crippen molar-refractivity contribution in [2.45, 2.75) is 40.5 Å². The standard InChI is InChI=1S/C10H20/c1-5-6-7-10(4)8-9(2)3/h5-6,9-10H,7-8H2,1-4H3. The highest BCUT2D eigenvalue weighted by Gasteiger charge is 2.01. The van der Waals surface area contributed by atoms with E-state index in [0.29, 0.717) is 0 Å². The van der Waals surface area contributed by atoms with Crippen molar-refractivity contribution in [1.82, 2.24) is 0 Å². The first-order chi connectivity index (χ1) is 4.66. The quantitative estimate of drug-likeness (QED) is 0.523. The van der Waals surface area contributed by atoms with Crippen molar-refractivity contribution in [2.24, 2.45) is 11.8 Å². The lowest BCUT2D eigenvalue weighted by Crippen LogP contribution is -1.97. The van der Waals surface area contributed by atoms with Crippen LogP contribution in [0.5, 0.6) is 0 Å². The van der Waals surface area contributed by atoms with Crippen molar-refractivity contribution in [3.63, 3.8) is 0 Å². The Balaban J connectivity index is 3.33. The molecule has 0 fully saturated rings. The second-order valence-corrected chi connectivity index (χ2v) is 3.54. The first-order valence-electron chi connectivity index (χ1n) is 4.28. The van der Waals surface area contributed by atoms with E-state index in [0.717, 1.165) is 11.8 Å². The number of hydrogen-bond donors (Lipinski definition) is 0. The Labute approximate surface area is 65.3 Å². The smallest absolute Gasteiger partial charge is 0.0325 e. The minimum Gasteiger partial charge on any atom is -0.0917 e. The molecule has 0 rings (SSSR count). The first kappa shape index (κ1) is 9.74. The summed E-state index contributed by atoms with van der Waals surface area (Å²) < 4.78 is 0. The molecule has 0 amide bonds. The van der Waals surface area contributed by atoms with E-state index in [4.69, 9.17) is 0 Å². The molecule has 0 heterocycles. The molecule has 0 aromatic rings. The highest BCUT2D eigenvalue weighted by Crippen LogP contribution is 2.14. The zero-order valence-corrected chi connectivity index (χ0v) is 7.72. The van der Waals surface area contributed by atoms with Crippen molar-refractivity contribution >= 4 is 0 Å². The maximum atomic E-state index is 2.32. The molecule has 10 heavy (non-hydrogen) atoms. The molecule has 0 aliphatic carbocycles. The number of hydrogen-bond acceptors (Lipinski definition) is 0. The monoisotopic (exact) mass is 140 g/mol. The average Bonchev–Trinajstić information content (AvgIpc) is 1.82. The Bertz CT molecular complexity index is 90.2. The zero-order chi connectivity index (χ0) is 7.98. The van der Waals surface area contributed by atoms with Crippen LogP contribution in [0.25, 0.3) is 0 Å². The van der Waals surface area contributed by atoms with Crippen LogP contribution in [0.3, 0.4) is 0 Å². The molecule has 0 saturated carbocycles. The van der Waals surface area contributed by atoms with E-state index >= 15 is 0 Å². The second kappa shape index (κ2) is 5.52. The number of rotatable bonds is 4. The van der Waals surface area contributed by atoms with Gasteiger partial charge in [-0.1, -0.05) is 32.9 Å². The fourth-order valence-corrected chi connectivity index (χ4v) is 1.27. The summed E-state index contributed by atoms with van der Waals surface area (Å²) in [6, 6.07) is 0. The molecule has 1 atom stereocenters. The summed E-state index contributed by atoms with van der Waals surface area (Å²) in [6.07, 6.45) is 6.99. The molecular weight excluding hydrogens is 120 g/mol. The first-order valence-corrected chi connectivity index (χ1v) is 4.28. The normalized spacial score (nSPS) is 14.9. The van der Waals surface area contributed by atoms with Crippen LogP contribution < -0.4 is 0 Å². The summed E-state index contributed by atoms with van der Waals surface area (Å²) in [6.45, 7) is 8.97. The molecule has 0 radical (unpaired) electrons. The van der Waals surface area contributed by atoms with Gasteiger partial charge in [-0.05, 0) is 31.6 Å². The minimum absolute atomic E-state index is 0.847. The molecule has 1 unspecified atom stereocenters. The highest BCUT2D eigenvalue weighted by atomic mass is 14.1. The third kappa shape index (κ3) is 5.87. The van der Waals surface area contributed by atoms with Gasteiger partial charge in [-0.15, -0.1) is 0 Å². The van der Waals surface area contributed by atoms with Crippen molar-refractivity contribution in [2.75, 3.05) is 0 Å². The van der Waals surface area contributed by atoms with E-state index in [9.17, 15) is 0 Å². The van der Waals surface area contributed by atoms with Crippen molar-refractivity contribution in [3.05, 3.63) is 12.2 Å². The van der Waals surface area contributed by atoms with Gasteiger partial charge in [-0.25, -0.2) is 0 Å². The van der Waals surface area contributed by atoms with E-state index in [-0.39, 0.29) is 0 Å². The maximum Gasteiger partial charge on any atom is -0.0325 e. The second-order valence-electron chi connectivity index (χ2n) is 3.54. The Hall–Kier alpha value is -0.260. The maximum absolute atomic E-state index is 2.32. The lowest BCUT2D eigenvalue weighted by Gasteiger charge is -2.10. The van der Waals surface area contributed by atoms with Gasteiger partial charge >= 0.3 is 0 Å². The van der Waals surface area contributed by atoms with E-state index in [1.807, 2.05) is 0 Å². The molecule has 0 heteroatoms. The number of allylic oxidation sites excluding steroid dienone is 2. The molecule has 0 spiro atoms. The lowest BCUT2D eigenvalue weighted by molar-refractivity contribution is 0.442. The third-order valence-corrected chi connectivity index (χ3v) is 1.65. The Morgan fingerprint density at radius 2 is 1.80 bits per heavy atom. The fourth-order valence-electron chi connectivity index (χ4n) is 1.27. The van der Waals surface area contributed by atoms with E-state index < -0.39 is 0 Å². The Morgan fingerprint density at radius 1 is 1.20 bits per heavy atom.